The lowest BCUT2D eigenvalue weighted by atomic mass is 10.4. The third kappa shape index (κ3) is 1.53. The summed E-state index contributed by atoms with van der Waals surface area (Å²) in [6.45, 7) is 3.30. The van der Waals surface area contributed by atoms with Gasteiger partial charge in [0.05, 0.1) is 5.25 Å². The van der Waals surface area contributed by atoms with E-state index in [1.165, 1.54) is 0 Å². The van der Waals surface area contributed by atoms with E-state index < -0.39 is 0 Å². The zero-order valence-corrected chi connectivity index (χ0v) is 6.84. The van der Waals surface area contributed by atoms with Crippen LogP contribution in [-0.2, 0) is 4.79 Å². The number of hydrogen-bond donors (Lipinski definition) is 1. The van der Waals surface area contributed by atoms with E-state index in [4.69, 9.17) is 0 Å². The maximum absolute atomic E-state index is 11.2. The first-order valence-electron chi connectivity index (χ1n) is 3.33. The lowest BCUT2D eigenvalue weighted by Crippen LogP contribution is -2.33. The molecule has 2 nitrogen and oxygen atoms in total. The van der Waals surface area contributed by atoms with Gasteiger partial charge in [-0.1, -0.05) is 12.2 Å². The van der Waals surface area contributed by atoms with Crippen molar-refractivity contribution < 1.29 is 4.79 Å². The van der Waals surface area contributed by atoms with Gasteiger partial charge in [0.2, 0.25) is 5.91 Å². The Labute approximate surface area is 66.3 Å². The molecule has 1 amide bonds. The molecule has 0 saturated heterocycles. The minimum Gasteiger partial charge on any atom is -0.334 e. The van der Waals surface area contributed by atoms with Gasteiger partial charge < -0.3 is 4.90 Å². The van der Waals surface area contributed by atoms with Crippen molar-refractivity contribution in [1.82, 2.24) is 4.90 Å². The average molecular weight is 157 g/mol. The van der Waals surface area contributed by atoms with Crippen LogP contribution < -0.4 is 0 Å². The van der Waals surface area contributed by atoms with Crippen molar-refractivity contribution in [2.75, 3.05) is 13.1 Å². The Bertz CT molecular complexity index is 157. The highest BCUT2D eigenvalue weighted by molar-refractivity contribution is 7.81. The number of thiol groups is 1. The molecule has 1 unspecified atom stereocenters. The van der Waals surface area contributed by atoms with Crippen LogP contribution in [0.2, 0.25) is 0 Å². The Balaban J connectivity index is 2.43. The summed E-state index contributed by atoms with van der Waals surface area (Å²) in [6, 6.07) is 0. The fourth-order valence-corrected chi connectivity index (χ4v) is 1.09. The summed E-state index contributed by atoms with van der Waals surface area (Å²) < 4.78 is 0. The van der Waals surface area contributed by atoms with Crippen LogP contribution >= 0.6 is 12.6 Å². The minimum absolute atomic E-state index is 0.119. The van der Waals surface area contributed by atoms with Crippen LogP contribution in [0.5, 0.6) is 0 Å². The molecular formula is C7H11NOS. The van der Waals surface area contributed by atoms with Crippen molar-refractivity contribution in [2.24, 2.45) is 0 Å². The molecule has 1 heterocycles. The number of hydrogen-bond acceptors (Lipinski definition) is 2. The largest absolute Gasteiger partial charge is 0.334 e. The number of amides is 1. The topological polar surface area (TPSA) is 20.3 Å². The number of carbonyl (C=O) groups excluding carboxylic acids is 1. The fourth-order valence-electron chi connectivity index (χ4n) is 0.922. The van der Waals surface area contributed by atoms with Gasteiger partial charge in [-0.15, -0.1) is 0 Å². The first-order chi connectivity index (χ1) is 4.72. The molecule has 0 bridgehead atoms. The fraction of sp³-hybridized carbons (Fsp3) is 0.571. The van der Waals surface area contributed by atoms with Crippen LogP contribution in [0.15, 0.2) is 12.2 Å². The Morgan fingerprint density at radius 2 is 2.10 bits per heavy atom. The molecule has 0 spiro atoms. The second kappa shape index (κ2) is 3.10. The Hall–Kier alpha value is -0.440. The second-order valence-corrected chi connectivity index (χ2v) is 3.17. The van der Waals surface area contributed by atoms with Crippen LogP contribution in [0.1, 0.15) is 6.92 Å². The molecule has 0 aromatic carbocycles. The highest BCUT2D eigenvalue weighted by atomic mass is 32.1. The van der Waals surface area contributed by atoms with E-state index in [0.29, 0.717) is 0 Å². The molecule has 0 aliphatic carbocycles. The van der Waals surface area contributed by atoms with Gasteiger partial charge in [-0.3, -0.25) is 4.79 Å². The molecular weight excluding hydrogens is 146 g/mol. The van der Waals surface area contributed by atoms with Crippen LogP contribution in [0.4, 0.5) is 0 Å². The zero-order valence-electron chi connectivity index (χ0n) is 5.95. The SMILES string of the molecule is CC(S)C(=O)N1CC=CC1. The molecule has 56 valence electrons. The number of rotatable bonds is 1. The van der Waals surface area contributed by atoms with Crippen molar-refractivity contribution >= 4 is 18.5 Å². The highest BCUT2D eigenvalue weighted by Gasteiger charge is 2.17. The van der Waals surface area contributed by atoms with E-state index in [-0.39, 0.29) is 11.2 Å². The summed E-state index contributed by atoms with van der Waals surface area (Å²) in [6.07, 6.45) is 3.99. The normalized spacial score (nSPS) is 19.6. The van der Waals surface area contributed by atoms with Gasteiger partial charge in [-0.05, 0) is 6.92 Å². The molecule has 1 aliphatic heterocycles. The quantitative estimate of drug-likeness (QED) is 0.439. The van der Waals surface area contributed by atoms with Gasteiger partial charge in [0.25, 0.3) is 0 Å². The molecule has 0 aromatic rings. The molecule has 0 saturated carbocycles. The lowest BCUT2D eigenvalue weighted by Gasteiger charge is -2.16. The summed E-state index contributed by atoms with van der Waals surface area (Å²) in [7, 11) is 0. The van der Waals surface area contributed by atoms with Gasteiger partial charge in [0.15, 0.2) is 0 Å². The predicted octanol–water partition coefficient (Wildman–Crippen LogP) is 0.703. The van der Waals surface area contributed by atoms with Crippen molar-refractivity contribution in [3.8, 4) is 0 Å². The first kappa shape index (κ1) is 7.66. The van der Waals surface area contributed by atoms with Crippen LogP contribution in [-0.4, -0.2) is 29.1 Å². The third-order valence-electron chi connectivity index (χ3n) is 1.49. The molecule has 1 rings (SSSR count). The van der Waals surface area contributed by atoms with Crippen molar-refractivity contribution in [3.63, 3.8) is 0 Å². The molecule has 0 N–H and O–H groups in total. The summed E-state index contributed by atoms with van der Waals surface area (Å²) >= 11 is 4.05. The van der Waals surface area contributed by atoms with Gasteiger partial charge in [-0.2, -0.15) is 12.6 Å². The monoisotopic (exact) mass is 157 g/mol. The number of carbonyl (C=O) groups is 1. The Morgan fingerprint density at radius 3 is 2.50 bits per heavy atom. The van der Waals surface area contributed by atoms with Crippen molar-refractivity contribution in [1.29, 1.82) is 0 Å². The van der Waals surface area contributed by atoms with Gasteiger partial charge in [0, 0.05) is 13.1 Å². The summed E-state index contributed by atoms with van der Waals surface area (Å²) in [5, 5.41) is -0.167. The second-order valence-electron chi connectivity index (χ2n) is 2.39. The first-order valence-corrected chi connectivity index (χ1v) is 3.85. The summed E-state index contributed by atoms with van der Waals surface area (Å²) in [5.74, 6) is 0.119. The molecule has 0 aromatic heterocycles. The highest BCUT2D eigenvalue weighted by Crippen LogP contribution is 2.04. The van der Waals surface area contributed by atoms with Crippen molar-refractivity contribution in [2.45, 2.75) is 12.2 Å². The van der Waals surface area contributed by atoms with Crippen LogP contribution in [0.25, 0.3) is 0 Å². The smallest absolute Gasteiger partial charge is 0.235 e. The maximum atomic E-state index is 11.2. The zero-order chi connectivity index (χ0) is 7.56. The van der Waals surface area contributed by atoms with Gasteiger partial charge in [-0.25, -0.2) is 0 Å². The number of nitrogens with zero attached hydrogens (tertiary/aromatic N) is 1. The average Bonchev–Trinajstić information content (AvgIpc) is 2.36. The van der Waals surface area contributed by atoms with E-state index in [2.05, 4.69) is 12.6 Å². The van der Waals surface area contributed by atoms with E-state index in [0.717, 1.165) is 13.1 Å². The van der Waals surface area contributed by atoms with E-state index >= 15 is 0 Å². The summed E-state index contributed by atoms with van der Waals surface area (Å²) in [5.41, 5.74) is 0. The van der Waals surface area contributed by atoms with Crippen molar-refractivity contribution in [3.05, 3.63) is 12.2 Å². The molecule has 0 fully saturated rings. The molecule has 1 atom stereocenters. The van der Waals surface area contributed by atoms with Gasteiger partial charge >= 0.3 is 0 Å². The molecule has 3 heteroatoms. The van der Waals surface area contributed by atoms with E-state index in [1.807, 2.05) is 12.2 Å². The van der Waals surface area contributed by atoms with Crippen LogP contribution in [0.3, 0.4) is 0 Å². The predicted molar refractivity (Wildman–Crippen MR) is 44.2 cm³/mol. The molecule has 10 heavy (non-hydrogen) atoms. The minimum atomic E-state index is -0.167. The standard InChI is InChI=1S/C7H11NOS/c1-6(10)7(9)8-4-2-3-5-8/h2-3,6,10H,4-5H2,1H3. The van der Waals surface area contributed by atoms with Crippen LogP contribution in [0, 0.1) is 0 Å². The summed E-state index contributed by atoms with van der Waals surface area (Å²) in [4.78, 5) is 12.9. The maximum Gasteiger partial charge on any atom is 0.235 e. The van der Waals surface area contributed by atoms with E-state index in [9.17, 15) is 4.79 Å². The lowest BCUT2D eigenvalue weighted by molar-refractivity contribution is -0.128. The molecule has 1 aliphatic rings. The van der Waals surface area contributed by atoms with Gasteiger partial charge in [0.1, 0.15) is 0 Å². The van der Waals surface area contributed by atoms with E-state index in [1.54, 1.807) is 11.8 Å². The molecule has 0 radical (unpaired) electrons. The Kier molecular flexibility index (Phi) is 2.38. The Morgan fingerprint density at radius 1 is 1.60 bits per heavy atom. The third-order valence-corrected chi connectivity index (χ3v) is 1.71.